The lowest BCUT2D eigenvalue weighted by atomic mass is 9.81. The van der Waals surface area contributed by atoms with Crippen LogP contribution in [0.25, 0.3) is 5.65 Å². The minimum absolute atomic E-state index is 0.0107. The average molecular weight is 542 g/mol. The zero-order valence-electron chi connectivity index (χ0n) is 22.1. The van der Waals surface area contributed by atoms with Gasteiger partial charge in [-0.15, -0.1) is 0 Å². The Morgan fingerprint density at radius 2 is 1.87 bits per heavy atom. The molecule has 2 N–H and O–H groups in total. The Hall–Kier alpha value is -3.70. The second-order valence-electron chi connectivity index (χ2n) is 10.5. The minimum atomic E-state index is -2.71. The van der Waals surface area contributed by atoms with Crippen LogP contribution in [0.2, 0.25) is 0 Å². The molecule has 0 unspecified atom stereocenters. The fraction of sp³-hybridized carbons (Fsp3) is 0.556. The second-order valence-corrected chi connectivity index (χ2v) is 10.5. The maximum atomic E-state index is 14.0. The molecule has 0 radical (unpaired) electrons. The summed E-state index contributed by atoms with van der Waals surface area (Å²) in [5.74, 6) is -3.05. The van der Waals surface area contributed by atoms with Crippen molar-refractivity contribution in [1.29, 1.82) is 0 Å². The van der Waals surface area contributed by atoms with Gasteiger partial charge in [0.2, 0.25) is 11.8 Å². The van der Waals surface area contributed by atoms with Gasteiger partial charge in [-0.2, -0.15) is 10.1 Å². The molecule has 2 amide bonds. The maximum absolute atomic E-state index is 14.0. The number of hydrogen-bond donors (Lipinski definition) is 2. The molecule has 3 heterocycles. The van der Waals surface area contributed by atoms with Crippen molar-refractivity contribution in [3.05, 3.63) is 47.7 Å². The number of alkyl halides is 2. The van der Waals surface area contributed by atoms with Gasteiger partial charge in [-0.25, -0.2) is 23.3 Å². The molecule has 0 aromatic carbocycles. The molecule has 2 saturated carbocycles. The number of aromatic nitrogens is 5. The highest BCUT2D eigenvalue weighted by atomic mass is 19.3. The number of ether oxygens (including phenoxy) is 1. The second kappa shape index (κ2) is 11.2. The zero-order valence-corrected chi connectivity index (χ0v) is 22.1. The molecule has 39 heavy (non-hydrogen) atoms. The normalized spacial score (nSPS) is 18.9. The van der Waals surface area contributed by atoms with Gasteiger partial charge in [0.05, 0.1) is 37.3 Å². The van der Waals surface area contributed by atoms with Crippen molar-refractivity contribution < 1.29 is 23.1 Å². The van der Waals surface area contributed by atoms with Crippen LogP contribution in [-0.2, 0) is 4.79 Å². The first kappa shape index (κ1) is 26.9. The number of hydrogen-bond acceptors (Lipinski definition) is 7. The molecule has 0 bridgehead atoms. The van der Waals surface area contributed by atoms with Crippen LogP contribution < -0.4 is 15.4 Å². The summed E-state index contributed by atoms with van der Waals surface area (Å²) in [6.07, 6.45) is 8.17. The van der Waals surface area contributed by atoms with E-state index in [1.165, 1.54) is 19.4 Å². The molecule has 3 aromatic heterocycles. The Labute approximate surface area is 225 Å². The predicted octanol–water partition coefficient (Wildman–Crippen LogP) is 4.19. The van der Waals surface area contributed by atoms with E-state index in [2.05, 4.69) is 25.7 Å². The number of methoxy groups -OCH3 is 1. The molecule has 0 spiro atoms. The highest BCUT2D eigenvalue weighted by Gasteiger charge is 2.40. The van der Waals surface area contributed by atoms with Crippen LogP contribution >= 0.6 is 0 Å². The van der Waals surface area contributed by atoms with Gasteiger partial charge in [-0.3, -0.25) is 9.59 Å². The van der Waals surface area contributed by atoms with Crippen molar-refractivity contribution in [2.45, 2.75) is 76.3 Å². The number of carbonyl (C=O) groups excluding carboxylic acids is 2. The minimum Gasteiger partial charge on any atom is -0.467 e. The van der Waals surface area contributed by atoms with Gasteiger partial charge in [0, 0.05) is 25.5 Å². The molecule has 12 heteroatoms. The Bertz CT molecular complexity index is 1330. The van der Waals surface area contributed by atoms with Crippen LogP contribution in [0.1, 0.15) is 92.1 Å². The number of fused-ring (bicyclic) bond motifs is 1. The third-order valence-corrected chi connectivity index (χ3v) is 7.49. The van der Waals surface area contributed by atoms with Gasteiger partial charge in [0.15, 0.2) is 5.65 Å². The molecule has 2 aliphatic carbocycles. The van der Waals surface area contributed by atoms with Crippen molar-refractivity contribution >= 4 is 17.5 Å². The monoisotopic (exact) mass is 541 g/mol. The van der Waals surface area contributed by atoms with Crippen LogP contribution in [0.5, 0.6) is 6.01 Å². The molecule has 2 aliphatic rings. The van der Waals surface area contributed by atoms with Crippen molar-refractivity contribution in [3.8, 4) is 6.01 Å². The molecule has 0 aliphatic heterocycles. The van der Waals surface area contributed by atoms with Crippen LogP contribution in [0.15, 0.2) is 30.7 Å². The fourth-order valence-corrected chi connectivity index (χ4v) is 5.22. The molecule has 10 nitrogen and oxygen atoms in total. The number of nitrogens with one attached hydrogen (secondary N) is 2. The molecular weight excluding hydrogens is 508 g/mol. The summed E-state index contributed by atoms with van der Waals surface area (Å²) in [6.45, 7) is 1.97. The van der Waals surface area contributed by atoms with E-state index in [4.69, 9.17) is 9.72 Å². The molecule has 5 rings (SSSR count). The molecule has 208 valence electrons. The van der Waals surface area contributed by atoms with Crippen molar-refractivity contribution in [2.24, 2.45) is 11.8 Å². The standard InChI is InChI=1S/C27H33F2N7O3/c1-3-4-22(37)34-23(16-5-6-16)18-13-21-32-20(15-36(21)31-14-18)24(17-7-10-27(28,29)11-8-17)35-25(38)19-9-12-30-26(33-19)39-2/h9,12-17,23-24H,3-8,10-11H2,1-2H3,(H,34,37)(H,35,38)/t23-,24+/m1/s1. The lowest BCUT2D eigenvalue weighted by Crippen LogP contribution is -2.37. The Balaban J connectivity index is 1.43. The quantitative estimate of drug-likeness (QED) is 0.394. The highest BCUT2D eigenvalue weighted by Crippen LogP contribution is 2.42. The largest absolute Gasteiger partial charge is 0.467 e. The molecule has 2 fully saturated rings. The number of halogens is 2. The summed E-state index contributed by atoms with van der Waals surface area (Å²) in [4.78, 5) is 38.3. The van der Waals surface area contributed by atoms with Crippen molar-refractivity contribution in [3.63, 3.8) is 0 Å². The Kier molecular flexibility index (Phi) is 7.72. The van der Waals surface area contributed by atoms with E-state index < -0.39 is 17.9 Å². The lowest BCUT2D eigenvalue weighted by molar-refractivity contribution is -0.122. The van der Waals surface area contributed by atoms with E-state index >= 15 is 0 Å². The summed E-state index contributed by atoms with van der Waals surface area (Å²) < 4.78 is 34.6. The number of carbonyl (C=O) groups is 2. The lowest BCUT2D eigenvalue weighted by Gasteiger charge is -2.33. The predicted molar refractivity (Wildman–Crippen MR) is 137 cm³/mol. The van der Waals surface area contributed by atoms with Gasteiger partial charge in [-0.1, -0.05) is 6.92 Å². The molecule has 0 saturated heterocycles. The van der Waals surface area contributed by atoms with E-state index in [0.29, 0.717) is 23.7 Å². The van der Waals surface area contributed by atoms with E-state index in [1.807, 2.05) is 13.0 Å². The fourth-order valence-electron chi connectivity index (χ4n) is 5.22. The third kappa shape index (κ3) is 6.31. The van der Waals surface area contributed by atoms with Crippen LogP contribution in [0, 0.1) is 11.8 Å². The van der Waals surface area contributed by atoms with Crippen molar-refractivity contribution in [1.82, 2.24) is 35.2 Å². The Morgan fingerprint density at radius 3 is 2.56 bits per heavy atom. The summed E-state index contributed by atoms with van der Waals surface area (Å²) >= 11 is 0. The Morgan fingerprint density at radius 1 is 1.13 bits per heavy atom. The van der Waals surface area contributed by atoms with E-state index in [9.17, 15) is 18.4 Å². The van der Waals surface area contributed by atoms with Gasteiger partial charge >= 0.3 is 6.01 Å². The van der Waals surface area contributed by atoms with E-state index in [0.717, 1.165) is 24.8 Å². The number of imidazole rings is 1. The number of rotatable bonds is 10. The van der Waals surface area contributed by atoms with Crippen LogP contribution in [-0.4, -0.2) is 49.4 Å². The van der Waals surface area contributed by atoms with E-state index in [1.54, 1.807) is 16.9 Å². The van der Waals surface area contributed by atoms with Gasteiger partial charge in [0.25, 0.3) is 5.91 Å². The molecular formula is C27H33F2N7O3. The van der Waals surface area contributed by atoms with Gasteiger partial charge < -0.3 is 15.4 Å². The first-order valence-corrected chi connectivity index (χ1v) is 13.5. The number of amides is 2. The van der Waals surface area contributed by atoms with Crippen molar-refractivity contribution in [2.75, 3.05) is 7.11 Å². The zero-order chi connectivity index (χ0) is 27.6. The maximum Gasteiger partial charge on any atom is 0.316 e. The first-order valence-electron chi connectivity index (χ1n) is 13.5. The summed E-state index contributed by atoms with van der Waals surface area (Å²) in [7, 11) is 1.41. The van der Waals surface area contributed by atoms with E-state index in [-0.39, 0.29) is 55.3 Å². The topological polar surface area (TPSA) is 123 Å². The highest BCUT2D eigenvalue weighted by molar-refractivity contribution is 5.92. The van der Waals surface area contributed by atoms with Crippen LogP contribution in [0.4, 0.5) is 8.78 Å². The SMILES string of the molecule is CCCC(=O)N[C@@H](c1cnn2cc([C@@H](NC(=O)c3ccnc(OC)n3)C3CCC(F)(F)CC3)nc2c1)C1CC1. The molecule has 2 atom stereocenters. The first-order chi connectivity index (χ1) is 18.8. The van der Waals surface area contributed by atoms with Crippen LogP contribution in [0.3, 0.4) is 0 Å². The third-order valence-electron chi connectivity index (χ3n) is 7.49. The summed E-state index contributed by atoms with van der Waals surface area (Å²) in [6, 6.07) is 2.66. The summed E-state index contributed by atoms with van der Waals surface area (Å²) in [5.41, 5.74) is 2.06. The average Bonchev–Trinajstić information content (AvgIpc) is 3.68. The smallest absolute Gasteiger partial charge is 0.316 e. The number of nitrogens with zero attached hydrogens (tertiary/aromatic N) is 5. The van der Waals surface area contributed by atoms with Gasteiger partial charge in [0.1, 0.15) is 5.69 Å². The summed E-state index contributed by atoms with van der Waals surface area (Å²) in [5, 5.41) is 10.6. The van der Waals surface area contributed by atoms with Gasteiger partial charge in [-0.05, 0) is 61.6 Å². The molecule has 3 aromatic rings.